The van der Waals surface area contributed by atoms with Gasteiger partial charge in [0.15, 0.2) is 5.78 Å². The van der Waals surface area contributed by atoms with Gasteiger partial charge in [0.1, 0.15) is 0 Å². The number of carbonyl (C=O) groups is 1. The third kappa shape index (κ3) is 1.14. The van der Waals surface area contributed by atoms with E-state index in [0.717, 1.165) is 31.3 Å². The van der Waals surface area contributed by atoms with E-state index in [4.69, 9.17) is 0 Å². The van der Waals surface area contributed by atoms with E-state index in [0.29, 0.717) is 5.92 Å². The van der Waals surface area contributed by atoms with E-state index < -0.39 is 5.60 Å². The van der Waals surface area contributed by atoms with Crippen molar-refractivity contribution in [3.8, 4) is 0 Å². The van der Waals surface area contributed by atoms with Crippen molar-refractivity contribution in [3.63, 3.8) is 0 Å². The number of fused-ring (bicyclic) bond motifs is 1. The van der Waals surface area contributed by atoms with Gasteiger partial charge in [-0.1, -0.05) is 11.6 Å². The first kappa shape index (κ1) is 10.3. The molecule has 2 nitrogen and oxygen atoms in total. The molecule has 2 saturated carbocycles. The van der Waals surface area contributed by atoms with Crippen LogP contribution >= 0.6 is 0 Å². The highest BCUT2D eigenvalue weighted by Gasteiger charge is 2.55. The maximum atomic E-state index is 11.7. The maximum absolute atomic E-state index is 11.7. The summed E-state index contributed by atoms with van der Waals surface area (Å²) >= 11 is 0. The summed E-state index contributed by atoms with van der Waals surface area (Å²) in [6.45, 7) is 3.89. The number of carbonyl (C=O) groups excluding carboxylic acids is 1. The average molecular weight is 218 g/mol. The lowest BCUT2D eigenvalue weighted by Crippen LogP contribution is -2.28. The summed E-state index contributed by atoms with van der Waals surface area (Å²) in [6.07, 6.45) is 7.61. The summed E-state index contributed by atoms with van der Waals surface area (Å²) in [5.41, 5.74) is 1.68. The van der Waals surface area contributed by atoms with Gasteiger partial charge in [0, 0.05) is 5.41 Å². The molecule has 2 heteroatoms. The molecule has 0 aromatic carbocycles. The lowest BCUT2D eigenvalue weighted by molar-refractivity contribution is -0.111. The van der Waals surface area contributed by atoms with Crippen LogP contribution in [0.2, 0.25) is 0 Å². The van der Waals surface area contributed by atoms with Gasteiger partial charge in [-0.3, -0.25) is 4.79 Å². The zero-order valence-corrected chi connectivity index (χ0v) is 9.92. The van der Waals surface area contributed by atoms with Crippen LogP contribution in [0.4, 0.5) is 0 Å². The van der Waals surface area contributed by atoms with Gasteiger partial charge in [-0.15, -0.1) is 0 Å². The quantitative estimate of drug-likeness (QED) is 0.678. The molecule has 1 N–H and O–H groups in total. The molecule has 3 aliphatic rings. The van der Waals surface area contributed by atoms with E-state index in [1.54, 1.807) is 6.08 Å². The molecule has 3 atom stereocenters. The molecule has 0 unspecified atom stereocenters. The third-order valence-electron chi connectivity index (χ3n) is 4.88. The minimum Gasteiger partial charge on any atom is -0.390 e. The molecule has 2 bridgehead atoms. The van der Waals surface area contributed by atoms with E-state index in [-0.39, 0.29) is 11.2 Å². The molecule has 0 amide bonds. The van der Waals surface area contributed by atoms with Gasteiger partial charge in [0.05, 0.1) is 5.60 Å². The molecule has 0 aromatic rings. The fourth-order valence-corrected chi connectivity index (χ4v) is 4.02. The molecule has 16 heavy (non-hydrogen) atoms. The van der Waals surface area contributed by atoms with Crippen molar-refractivity contribution >= 4 is 5.78 Å². The molecule has 86 valence electrons. The summed E-state index contributed by atoms with van der Waals surface area (Å²) in [4.78, 5) is 11.7. The highest BCUT2D eigenvalue weighted by Crippen LogP contribution is 2.60. The minimum atomic E-state index is -0.549. The topological polar surface area (TPSA) is 37.3 Å². The van der Waals surface area contributed by atoms with Crippen LogP contribution < -0.4 is 0 Å². The molecule has 0 heterocycles. The lowest BCUT2D eigenvalue weighted by atomic mass is 9.67. The van der Waals surface area contributed by atoms with Crippen LogP contribution in [0, 0.1) is 11.3 Å². The first-order valence-corrected chi connectivity index (χ1v) is 6.11. The van der Waals surface area contributed by atoms with Crippen molar-refractivity contribution in [1.82, 2.24) is 0 Å². The zero-order chi connectivity index (χ0) is 11.6. The SMILES string of the molecule is CC1=C2CC[C@@H]3C[C@@]2(C=CC1=O)C[C@]3(C)O. The average Bonchev–Trinajstić information content (AvgIpc) is 2.41. The second kappa shape index (κ2) is 2.86. The van der Waals surface area contributed by atoms with Crippen molar-refractivity contribution < 1.29 is 9.90 Å². The van der Waals surface area contributed by atoms with Crippen LogP contribution in [0.5, 0.6) is 0 Å². The molecule has 2 fully saturated rings. The van der Waals surface area contributed by atoms with E-state index in [9.17, 15) is 9.90 Å². The first-order valence-electron chi connectivity index (χ1n) is 6.11. The largest absolute Gasteiger partial charge is 0.390 e. The molecule has 3 rings (SSSR count). The van der Waals surface area contributed by atoms with E-state index in [1.807, 2.05) is 13.8 Å². The number of hydrogen-bond donors (Lipinski definition) is 1. The van der Waals surface area contributed by atoms with Crippen LogP contribution in [0.3, 0.4) is 0 Å². The molecule has 0 saturated heterocycles. The molecule has 1 spiro atoms. The molecular formula is C14H18O2. The van der Waals surface area contributed by atoms with Crippen molar-refractivity contribution in [3.05, 3.63) is 23.3 Å². The van der Waals surface area contributed by atoms with Crippen LogP contribution in [0.15, 0.2) is 23.3 Å². The lowest BCUT2D eigenvalue weighted by Gasteiger charge is -2.36. The van der Waals surface area contributed by atoms with Gasteiger partial charge in [-0.05, 0) is 57.1 Å². The Morgan fingerprint density at radius 2 is 2.25 bits per heavy atom. The predicted octanol–water partition coefficient (Wildman–Crippen LogP) is 2.38. The van der Waals surface area contributed by atoms with E-state index in [1.165, 1.54) is 5.57 Å². The van der Waals surface area contributed by atoms with Crippen molar-refractivity contribution in [1.29, 1.82) is 0 Å². The van der Waals surface area contributed by atoms with Crippen LogP contribution in [0.25, 0.3) is 0 Å². The summed E-state index contributed by atoms with van der Waals surface area (Å²) in [5.74, 6) is 0.563. The van der Waals surface area contributed by atoms with Gasteiger partial charge in [0.25, 0.3) is 0 Å². The standard InChI is InChI=1S/C14H18O2/c1-9-11-4-3-10-7-14(11,6-5-12(9)15)8-13(10,2)16/h5-6,10,16H,3-4,7-8H2,1-2H3/t10-,13+,14+/m1/s1. The van der Waals surface area contributed by atoms with Crippen LogP contribution in [-0.2, 0) is 4.79 Å². The number of allylic oxidation sites excluding steroid dienone is 4. The summed E-state index contributed by atoms with van der Waals surface area (Å²) in [6, 6.07) is 0. The fraction of sp³-hybridized carbons (Fsp3) is 0.643. The van der Waals surface area contributed by atoms with Gasteiger partial charge < -0.3 is 5.11 Å². The number of ketones is 1. The number of rotatable bonds is 0. The molecule has 0 aromatic heterocycles. The van der Waals surface area contributed by atoms with Gasteiger partial charge in [-0.25, -0.2) is 0 Å². The minimum absolute atomic E-state index is 0.00438. The molecule has 0 radical (unpaired) electrons. The summed E-state index contributed by atoms with van der Waals surface area (Å²) in [7, 11) is 0. The second-order valence-electron chi connectivity index (χ2n) is 5.93. The Labute approximate surface area is 96.0 Å². The number of aliphatic hydroxyl groups is 1. The van der Waals surface area contributed by atoms with E-state index >= 15 is 0 Å². The second-order valence-corrected chi connectivity index (χ2v) is 5.93. The van der Waals surface area contributed by atoms with E-state index in [2.05, 4.69) is 6.08 Å². The summed E-state index contributed by atoms with van der Waals surface area (Å²) < 4.78 is 0. The Kier molecular flexibility index (Phi) is 1.84. The smallest absolute Gasteiger partial charge is 0.181 e. The number of hydrogen-bond acceptors (Lipinski definition) is 2. The van der Waals surface area contributed by atoms with Crippen molar-refractivity contribution in [2.45, 2.75) is 45.1 Å². The molecule has 0 aliphatic heterocycles. The zero-order valence-electron chi connectivity index (χ0n) is 9.92. The van der Waals surface area contributed by atoms with Crippen molar-refractivity contribution in [2.75, 3.05) is 0 Å². The normalized spacial score (nSPS) is 46.2. The Morgan fingerprint density at radius 3 is 3.00 bits per heavy atom. The third-order valence-corrected chi connectivity index (χ3v) is 4.88. The maximum Gasteiger partial charge on any atom is 0.181 e. The summed E-state index contributed by atoms with van der Waals surface area (Å²) in [5, 5.41) is 10.4. The van der Waals surface area contributed by atoms with Crippen molar-refractivity contribution in [2.24, 2.45) is 11.3 Å². The highest BCUT2D eigenvalue weighted by atomic mass is 16.3. The van der Waals surface area contributed by atoms with Crippen LogP contribution in [-0.4, -0.2) is 16.5 Å². The Morgan fingerprint density at radius 1 is 1.50 bits per heavy atom. The van der Waals surface area contributed by atoms with Gasteiger partial charge in [-0.2, -0.15) is 0 Å². The molecule has 3 aliphatic carbocycles. The predicted molar refractivity (Wildman–Crippen MR) is 61.9 cm³/mol. The first-order chi connectivity index (χ1) is 7.45. The van der Waals surface area contributed by atoms with Gasteiger partial charge in [0.2, 0.25) is 0 Å². The Hall–Kier alpha value is -0.890. The highest BCUT2D eigenvalue weighted by molar-refractivity contribution is 6.05. The fourth-order valence-electron chi connectivity index (χ4n) is 4.02. The van der Waals surface area contributed by atoms with Gasteiger partial charge >= 0.3 is 0 Å². The van der Waals surface area contributed by atoms with Crippen LogP contribution in [0.1, 0.15) is 39.5 Å². The monoisotopic (exact) mass is 218 g/mol. The molecular weight excluding hydrogens is 200 g/mol. The Balaban J connectivity index is 2.12. The Bertz CT molecular complexity index is 428.